The number of rotatable bonds is 8. The third-order valence-corrected chi connectivity index (χ3v) is 5.22. The minimum Gasteiger partial charge on any atom is -0.496 e. The van der Waals surface area contributed by atoms with Gasteiger partial charge in [0.25, 0.3) is 0 Å². The Balaban J connectivity index is 1.43. The van der Waals surface area contributed by atoms with Gasteiger partial charge in [-0.05, 0) is 47.5 Å². The normalized spacial score (nSPS) is 10.9. The first kappa shape index (κ1) is 20.8. The molecule has 1 heterocycles. The molecule has 0 radical (unpaired) electrons. The number of carbonyl (C=O) groups is 1. The van der Waals surface area contributed by atoms with E-state index in [4.69, 9.17) is 26.2 Å². The summed E-state index contributed by atoms with van der Waals surface area (Å²) in [5, 5.41) is 14.7. The summed E-state index contributed by atoms with van der Waals surface area (Å²) in [4.78, 5) is 10.8. The van der Waals surface area contributed by atoms with Crippen molar-refractivity contribution in [2.45, 2.75) is 19.6 Å². The van der Waals surface area contributed by atoms with Crippen molar-refractivity contribution in [3.05, 3.63) is 77.4 Å². The second-order valence-corrected chi connectivity index (χ2v) is 7.50. The first-order valence-corrected chi connectivity index (χ1v) is 10.1. The molecule has 7 heteroatoms. The van der Waals surface area contributed by atoms with Crippen LogP contribution in [0.4, 0.5) is 0 Å². The van der Waals surface area contributed by atoms with Crippen LogP contribution in [0.15, 0.2) is 66.9 Å². The summed E-state index contributed by atoms with van der Waals surface area (Å²) < 4.78 is 13.1. The minimum atomic E-state index is -0.843. The summed E-state index contributed by atoms with van der Waals surface area (Å²) in [6, 6.07) is 19.4. The van der Waals surface area contributed by atoms with Crippen LogP contribution in [0, 0.1) is 0 Å². The number of aryl methyl sites for hydroxylation is 1. The summed E-state index contributed by atoms with van der Waals surface area (Å²) >= 11 is 6.05. The number of carboxylic acid groups (broad SMARTS) is 1. The molecule has 0 unspecified atom stereocenters. The van der Waals surface area contributed by atoms with E-state index in [9.17, 15) is 4.79 Å². The Morgan fingerprint density at radius 2 is 1.90 bits per heavy atom. The Hall–Kier alpha value is -3.51. The van der Waals surface area contributed by atoms with Gasteiger partial charge in [0.1, 0.15) is 18.1 Å². The molecule has 0 saturated carbocycles. The van der Waals surface area contributed by atoms with Crippen molar-refractivity contribution < 1.29 is 19.4 Å². The lowest BCUT2D eigenvalue weighted by atomic mass is 10.0. The van der Waals surface area contributed by atoms with Crippen LogP contribution in [0.3, 0.4) is 0 Å². The molecule has 0 saturated heterocycles. The number of aliphatic carboxylic acids is 1. The number of aromatic nitrogens is 2. The Morgan fingerprint density at radius 1 is 1.10 bits per heavy atom. The maximum Gasteiger partial charge on any atom is 0.305 e. The van der Waals surface area contributed by atoms with Crippen molar-refractivity contribution in [1.82, 2.24) is 9.78 Å². The number of hydrogen-bond acceptors (Lipinski definition) is 4. The minimum absolute atomic E-state index is 0.0346. The fourth-order valence-electron chi connectivity index (χ4n) is 3.39. The standard InChI is InChI=1S/C24H21ClN2O4/c1-30-23-13-19(25)6-8-21(23)17-4-2-16(3-5-17)15-31-20-7-9-22-18(12-20)14-26-27(22)11-10-24(28)29/h2-9,12-14H,10-11,15H2,1H3,(H,28,29). The van der Waals surface area contributed by atoms with Gasteiger partial charge in [-0.15, -0.1) is 0 Å². The maximum atomic E-state index is 10.8. The quantitative estimate of drug-likeness (QED) is 0.399. The molecular weight excluding hydrogens is 416 g/mol. The second-order valence-electron chi connectivity index (χ2n) is 7.06. The molecule has 6 nitrogen and oxygen atoms in total. The highest BCUT2D eigenvalue weighted by Gasteiger charge is 2.08. The van der Waals surface area contributed by atoms with Crippen molar-refractivity contribution in [3.8, 4) is 22.6 Å². The van der Waals surface area contributed by atoms with Crippen molar-refractivity contribution in [2.75, 3.05) is 7.11 Å². The van der Waals surface area contributed by atoms with E-state index in [1.54, 1.807) is 24.1 Å². The topological polar surface area (TPSA) is 73.6 Å². The van der Waals surface area contributed by atoms with Gasteiger partial charge in [0.05, 0.1) is 31.8 Å². The Morgan fingerprint density at radius 3 is 2.65 bits per heavy atom. The zero-order valence-electron chi connectivity index (χ0n) is 16.9. The van der Waals surface area contributed by atoms with Crippen molar-refractivity contribution in [2.24, 2.45) is 0 Å². The van der Waals surface area contributed by atoms with E-state index in [1.165, 1.54) is 0 Å². The van der Waals surface area contributed by atoms with Crippen LogP contribution >= 0.6 is 11.6 Å². The Labute approximate surface area is 184 Å². The maximum absolute atomic E-state index is 10.8. The number of methoxy groups -OCH3 is 1. The zero-order valence-corrected chi connectivity index (χ0v) is 17.7. The number of hydrogen-bond donors (Lipinski definition) is 1. The zero-order chi connectivity index (χ0) is 21.8. The predicted octanol–water partition coefficient (Wildman–Crippen LogP) is 5.42. The summed E-state index contributed by atoms with van der Waals surface area (Å²) in [5.41, 5.74) is 3.93. The van der Waals surface area contributed by atoms with Crippen LogP contribution in [0.5, 0.6) is 11.5 Å². The molecule has 0 bridgehead atoms. The van der Waals surface area contributed by atoms with Crippen LogP contribution in [0.2, 0.25) is 5.02 Å². The molecule has 0 aliphatic heterocycles. The molecular formula is C24H21ClN2O4. The number of ether oxygens (including phenoxy) is 2. The molecule has 3 aromatic carbocycles. The largest absolute Gasteiger partial charge is 0.496 e. The molecule has 31 heavy (non-hydrogen) atoms. The number of benzene rings is 3. The summed E-state index contributed by atoms with van der Waals surface area (Å²) in [6.45, 7) is 0.764. The van der Waals surface area contributed by atoms with Crippen LogP contribution in [0.25, 0.3) is 22.0 Å². The first-order valence-electron chi connectivity index (χ1n) is 9.76. The van der Waals surface area contributed by atoms with E-state index < -0.39 is 5.97 Å². The summed E-state index contributed by atoms with van der Waals surface area (Å²) in [6.07, 6.45) is 1.76. The van der Waals surface area contributed by atoms with Gasteiger partial charge in [-0.1, -0.05) is 35.9 Å². The fourth-order valence-corrected chi connectivity index (χ4v) is 3.55. The van der Waals surface area contributed by atoms with Crippen LogP contribution in [0.1, 0.15) is 12.0 Å². The predicted molar refractivity (Wildman–Crippen MR) is 120 cm³/mol. The molecule has 0 fully saturated rings. The Bertz CT molecular complexity index is 1220. The van der Waals surface area contributed by atoms with Crippen molar-refractivity contribution in [3.63, 3.8) is 0 Å². The smallest absolute Gasteiger partial charge is 0.305 e. The molecule has 1 N–H and O–H groups in total. The number of nitrogens with zero attached hydrogens (tertiary/aromatic N) is 2. The molecule has 0 atom stereocenters. The molecule has 1 aromatic heterocycles. The molecule has 0 spiro atoms. The lowest BCUT2D eigenvalue weighted by Gasteiger charge is -2.11. The van der Waals surface area contributed by atoms with E-state index in [0.717, 1.165) is 39.1 Å². The molecule has 4 rings (SSSR count). The van der Waals surface area contributed by atoms with Crippen LogP contribution < -0.4 is 9.47 Å². The summed E-state index contributed by atoms with van der Waals surface area (Å²) in [7, 11) is 1.63. The van der Waals surface area contributed by atoms with Gasteiger partial charge >= 0.3 is 5.97 Å². The number of halogens is 1. The van der Waals surface area contributed by atoms with Gasteiger partial charge < -0.3 is 14.6 Å². The van der Waals surface area contributed by atoms with Gasteiger partial charge in [-0.2, -0.15) is 5.10 Å². The van der Waals surface area contributed by atoms with Crippen molar-refractivity contribution in [1.29, 1.82) is 0 Å². The lowest BCUT2D eigenvalue weighted by Crippen LogP contribution is -2.05. The van der Waals surface area contributed by atoms with E-state index in [0.29, 0.717) is 18.2 Å². The molecule has 4 aromatic rings. The molecule has 0 amide bonds. The second kappa shape index (κ2) is 9.10. The highest BCUT2D eigenvalue weighted by Crippen LogP contribution is 2.32. The van der Waals surface area contributed by atoms with Crippen LogP contribution in [-0.2, 0) is 17.9 Å². The fraction of sp³-hybridized carbons (Fsp3) is 0.167. The molecule has 158 valence electrons. The summed E-state index contributed by atoms with van der Waals surface area (Å²) in [5.74, 6) is 0.617. The van der Waals surface area contributed by atoms with Crippen LogP contribution in [-0.4, -0.2) is 28.0 Å². The van der Waals surface area contributed by atoms with Gasteiger partial charge in [-0.25, -0.2) is 0 Å². The SMILES string of the molecule is COc1cc(Cl)ccc1-c1ccc(COc2ccc3c(cnn3CCC(=O)O)c2)cc1. The Kier molecular flexibility index (Phi) is 6.09. The van der Waals surface area contributed by atoms with Gasteiger partial charge in [0.2, 0.25) is 0 Å². The van der Waals surface area contributed by atoms with Gasteiger partial charge in [0, 0.05) is 16.0 Å². The van der Waals surface area contributed by atoms with E-state index in [1.807, 2.05) is 54.6 Å². The molecule has 0 aliphatic carbocycles. The molecule has 0 aliphatic rings. The van der Waals surface area contributed by atoms with E-state index >= 15 is 0 Å². The monoisotopic (exact) mass is 436 g/mol. The van der Waals surface area contributed by atoms with Gasteiger partial charge in [-0.3, -0.25) is 9.48 Å². The third-order valence-electron chi connectivity index (χ3n) is 4.98. The average molecular weight is 437 g/mol. The highest BCUT2D eigenvalue weighted by molar-refractivity contribution is 6.30. The third kappa shape index (κ3) is 4.81. The lowest BCUT2D eigenvalue weighted by molar-refractivity contribution is -0.137. The van der Waals surface area contributed by atoms with E-state index in [-0.39, 0.29) is 6.42 Å². The average Bonchev–Trinajstić information content (AvgIpc) is 3.19. The number of fused-ring (bicyclic) bond motifs is 1. The van der Waals surface area contributed by atoms with E-state index in [2.05, 4.69) is 5.10 Å². The highest BCUT2D eigenvalue weighted by atomic mass is 35.5. The number of carboxylic acids is 1. The van der Waals surface area contributed by atoms with Gasteiger partial charge in [0.15, 0.2) is 0 Å². The van der Waals surface area contributed by atoms with Crippen molar-refractivity contribution >= 4 is 28.5 Å². The first-order chi connectivity index (χ1) is 15.0.